The van der Waals surface area contributed by atoms with Crippen LogP contribution in [0.25, 0.3) is 33.9 Å². The van der Waals surface area contributed by atoms with Gasteiger partial charge < -0.3 is 9.47 Å². The number of aromatic nitrogens is 5. The molecule has 0 amide bonds. The van der Waals surface area contributed by atoms with E-state index in [1.54, 1.807) is 54.6 Å². The molecule has 0 saturated heterocycles. The van der Waals surface area contributed by atoms with Crippen LogP contribution in [-0.4, -0.2) is 37.3 Å². The van der Waals surface area contributed by atoms with Gasteiger partial charge >= 0.3 is 5.69 Å². The number of nitrogens with zero attached hydrogens (tertiary/aromatic N) is 5. The highest BCUT2D eigenvalue weighted by Crippen LogP contribution is 2.35. The molecule has 0 aliphatic rings. The lowest BCUT2D eigenvalue weighted by molar-refractivity contribution is 0.355. The van der Waals surface area contributed by atoms with E-state index in [1.807, 2.05) is 12.1 Å². The van der Waals surface area contributed by atoms with Crippen molar-refractivity contribution in [3.05, 3.63) is 75.3 Å². The second kappa shape index (κ2) is 7.37. The van der Waals surface area contributed by atoms with E-state index in [2.05, 4.69) is 4.98 Å². The second-order valence-electron chi connectivity index (χ2n) is 7.56. The fourth-order valence-electron chi connectivity index (χ4n) is 4.01. The molecular weight excluding hydrogens is 429 g/mol. The van der Waals surface area contributed by atoms with Gasteiger partial charge in [0.25, 0.3) is 5.56 Å². The fraction of sp³-hybridized carbons (Fsp3) is 0.174. The Hall–Kier alpha value is -4.34. The number of imidazole rings is 2. The highest BCUT2D eigenvalue weighted by atomic mass is 19.1. The van der Waals surface area contributed by atoms with Crippen LogP contribution in [0, 0.1) is 5.82 Å². The summed E-state index contributed by atoms with van der Waals surface area (Å²) in [6.45, 7) is 0. The van der Waals surface area contributed by atoms with Crippen LogP contribution >= 0.6 is 0 Å². The molecule has 3 aromatic heterocycles. The standard InChI is InChI=1S/C23H20FN5O4/c1-26-20-19(21(30)27(2)23(26)31)28-12-16(13-5-10-17(32-3)18(11-13)33-4)29(22(28)25-20)15-8-6-14(24)7-9-15/h5-12H,1-4H3. The molecule has 0 aliphatic heterocycles. The maximum Gasteiger partial charge on any atom is 0.332 e. The van der Waals surface area contributed by atoms with Gasteiger partial charge in [-0.25, -0.2) is 9.18 Å². The third kappa shape index (κ3) is 2.94. The summed E-state index contributed by atoms with van der Waals surface area (Å²) in [5.74, 6) is 1.13. The van der Waals surface area contributed by atoms with Gasteiger partial charge in [0, 0.05) is 31.5 Å². The first kappa shape index (κ1) is 20.6. The Morgan fingerprint density at radius 2 is 1.61 bits per heavy atom. The zero-order valence-corrected chi connectivity index (χ0v) is 18.4. The molecule has 9 nitrogen and oxygen atoms in total. The first-order valence-electron chi connectivity index (χ1n) is 10.0. The Balaban J connectivity index is 1.92. The first-order chi connectivity index (χ1) is 15.8. The molecule has 0 bridgehead atoms. The van der Waals surface area contributed by atoms with Crippen LogP contribution < -0.4 is 20.7 Å². The SMILES string of the molecule is COc1ccc(-c2cn3c4c(=O)n(C)c(=O)n(C)c4nc3n2-c2ccc(F)cc2)cc1OC. The van der Waals surface area contributed by atoms with Crippen LogP contribution in [0.4, 0.5) is 4.39 Å². The summed E-state index contributed by atoms with van der Waals surface area (Å²) in [4.78, 5) is 30.0. The van der Waals surface area contributed by atoms with Gasteiger partial charge in [-0.1, -0.05) is 0 Å². The van der Waals surface area contributed by atoms with Gasteiger partial charge in [0.15, 0.2) is 22.7 Å². The molecule has 0 atom stereocenters. The maximum atomic E-state index is 13.7. The summed E-state index contributed by atoms with van der Waals surface area (Å²) < 4.78 is 30.3. The number of rotatable bonds is 4. The van der Waals surface area contributed by atoms with Crippen molar-refractivity contribution in [2.24, 2.45) is 14.1 Å². The summed E-state index contributed by atoms with van der Waals surface area (Å²) in [5.41, 5.74) is 1.66. The van der Waals surface area contributed by atoms with Crippen molar-refractivity contribution < 1.29 is 13.9 Å². The minimum atomic E-state index is -0.471. The number of aryl methyl sites for hydroxylation is 1. The number of halogens is 1. The largest absolute Gasteiger partial charge is 0.493 e. The van der Waals surface area contributed by atoms with Crippen LogP contribution in [0.3, 0.4) is 0 Å². The Morgan fingerprint density at radius 1 is 0.909 bits per heavy atom. The van der Waals surface area contributed by atoms with Gasteiger partial charge in [-0.2, -0.15) is 4.98 Å². The average molecular weight is 449 g/mol. The molecule has 0 saturated carbocycles. The van der Waals surface area contributed by atoms with Gasteiger partial charge in [0.2, 0.25) is 5.78 Å². The molecule has 0 radical (unpaired) electrons. The Kier molecular flexibility index (Phi) is 4.59. The number of ether oxygens (including phenoxy) is 2. The van der Waals surface area contributed by atoms with Gasteiger partial charge in [-0.05, 0) is 42.5 Å². The lowest BCUT2D eigenvalue weighted by Gasteiger charge is -2.12. The van der Waals surface area contributed by atoms with Gasteiger partial charge in [0.05, 0.1) is 19.9 Å². The van der Waals surface area contributed by atoms with E-state index in [9.17, 15) is 14.0 Å². The molecule has 5 aromatic rings. The van der Waals surface area contributed by atoms with Gasteiger partial charge in [-0.15, -0.1) is 0 Å². The molecule has 0 spiro atoms. The fourth-order valence-corrected chi connectivity index (χ4v) is 4.01. The molecule has 0 fully saturated rings. The molecule has 0 unspecified atom stereocenters. The molecule has 10 heteroatoms. The van der Waals surface area contributed by atoms with E-state index in [1.165, 1.54) is 23.7 Å². The third-order valence-electron chi connectivity index (χ3n) is 5.73. The number of methoxy groups -OCH3 is 2. The van der Waals surface area contributed by atoms with E-state index in [-0.39, 0.29) is 17.0 Å². The molecular formula is C23H20FN5O4. The molecule has 3 heterocycles. The van der Waals surface area contributed by atoms with E-state index in [4.69, 9.17) is 9.47 Å². The Morgan fingerprint density at radius 3 is 2.27 bits per heavy atom. The van der Waals surface area contributed by atoms with Crippen LogP contribution in [0.5, 0.6) is 11.5 Å². The Bertz CT molecular complexity index is 1660. The molecule has 168 valence electrons. The van der Waals surface area contributed by atoms with Crippen molar-refractivity contribution in [3.63, 3.8) is 0 Å². The molecule has 0 N–H and O–H groups in total. The van der Waals surface area contributed by atoms with E-state index in [0.29, 0.717) is 28.7 Å². The minimum Gasteiger partial charge on any atom is -0.493 e. The number of hydrogen-bond donors (Lipinski definition) is 0. The van der Waals surface area contributed by atoms with Crippen molar-refractivity contribution in [2.45, 2.75) is 0 Å². The minimum absolute atomic E-state index is 0.257. The topological polar surface area (TPSA) is 84.7 Å². The number of fused-ring (bicyclic) bond motifs is 3. The zero-order chi connectivity index (χ0) is 23.4. The Labute approximate surface area is 186 Å². The maximum absolute atomic E-state index is 13.7. The monoisotopic (exact) mass is 449 g/mol. The van der Waals surface area contributed by atoms with Gasteiger partial charge in [-0.3, -0.25) is 22.9 Å². The van der Waals surface area contributed by atoms with Crippen LogP contribution in [0.2, 0.25) is 0 Å². The van der Waals surface area contributed by atoms with E-state index in [0.717, 1.165) is 10.1 Å². The highest BCUT2D eigenvalue weighted by Gasteiger charge is 2.22. The van der Waals surface area contributed by atoms with Gasteiger partial charge in [0.1, 0.15) is 5.82 Å². The molecule has 5 rings (SSSR count). The zero-order valence-electron chi connectivity index (χ0n) is 18.4. The van der Waals surface area contributed by atoms with Crippen molar-refractivity contribution in [1.29, 1.82) is 0 Å². The van der Waals surface area contributed by atoms with Crippen molar-refractivity contribution in [1.82, 2.24) is 23.1 Å². The van der Waals surface area contributed by atoms with Crippen LogP contribution in [0.15, 0.2) is 58.3 Å². The lowest BCUT2D eigenvalue weighted by Crippen LogP contribution is -2.37. The van der Waals surface area contributed by atoms with Crippen molar-refractivity contribution >= 4 is 16.9 Å². The second-order valence-corrected chi connectivity index (χ2v) is 7.56. The quantitative estimate of drug-likeness (QED) is 0.421. The summed E-state index contributed by atoms with van der Waals surface area (Å²) in [5, 5.41) is 0. The smallest absolute Gasteiger partial charge is 0.332 e. The first-order valence-corrected chi connectivity index (χ1v) is 10.0. The molecule has 0 aliphatic carbocycles. The van der Waals surface area contributed by atoms with E-state index >= 15 is 0 Å². The summed E-state index contributed by atoms with van der Waals surface area (Å²) in [6.07, 6.45) is 1.77. The molecule has 33 heavy (non-hydrogen) atoms. The summed E-state index contributed by atoms with van der Waals surface area (Å²) in [6, 6.07) is 11.4. The summed E-state index contributed by atoms with van der Waals surface area (Å²) in [7, 11) is 6.09. The predicted octanol–water partition coefficient (Wildman–Crippen LogP) is 2.50. The normalized spacial score (nSPS) is 11.4. The summed E-state index contributed by atoms with van der Waals surface area (Å²) >= 11 is 0. The average Bonchev–Trinajstić information content (AvgIpc) is 3.38. The van der Waals surface area contributed by atoms with E-state index < -0.39 is 11.2 Å². The lowest BCUT2D eigenvalue weighted by atomic mass is 10.1. The van der Waals surface area contributed by atoms with Crippen molar-refractivity contribution in [3.8, 4) is 28.4 Å². The number of hydrogen-bond acceptors (Lipinski definition) is 5. The third-order valence-corrected chi connectivity index (χ3v) is 5.73. The molecule has 2 aromatic carbocycles. The highest BCUT2D eigenvalue weighted by molar-refractivity contribution is 5.80. The predicted molar refractivity (Wildman–Crippen MR) is 121 cm³/mol. The van der Waals surface area contributed by atoms with Crippen LogP contribution in [-0.2, 0) is 14.1 Å². The number of benzene rings is 2. The van der Waals surface area contributed by atoms with Crippen LogP contribution in [0.1, 0.15) is 0 Å². The van der Waals surface area contributed by atoms with Crippen molar-refractivity contribution in [2.75, 3.05) is 14.2 Å².